The fraction of sp³-hybridized carbons (Fsp3) is 0.600. The number of nitrogens with zero attached hydrogens (tertiary/aromatic N) is 2. The number of thiophene rings is 1. The van der Waals surface area contributed by atoms with Gasteiger partial charge >= 0.3 is 0 Å². The van der Waals surface area contributed by atoms with E-state index in [0.29, 0.717) is 0 Å². The number of aryl methyl sites for hydroxylation is 1. The first-order valence-corrected chi connectivity index (χ1v) is 8.13. The largest absolute Gasteiger partial charge is 0.369 e. The molecule has 0 radical (unpaired) electrons. The summed E-state index contributed by atoms with van der Waals surface area (Å²) >= 11 is 1.73. The number of hydrogen-bond donors (Lipinski definition) is 1. The van der Waals surface area contributed by atoms with Crippen LogP contribution in [0.25, 0.3) is 10.2 Å². The Balaban J connectivity index is 1.79. The van der Waals surface area contributed by atoms with Crippen LogP contribution < -0.4 is 5.32 Å². The van der Waals surface area contributed by atoms with Crippen molar-refractivity contribution < 1.29 is 0 Å². The summed E-state index contributed by atoms with van der Waals surface area (Å²) in [5.74, 6) is 0.997. The molecule has 19 heavy (non-hydrogen) atoms. The molecule has 0 aliphatic heterocycles. The van der Waals surface area contributed by atoms with E-state index >= 15 is 0 Å². The summed E-state index contributed by atoms with van der Waals surface area (Å²) in [5.41, 5.74) is 2.33. The standard InChI is InChI=1S/C15H23N3S/c1-3-4-5-6-7-8-9-16-15-14-13(17-11-18-15)12(2)10-19-14/h10-11H,3-9H2,1-2H3,(H,16,17,18). The Bertz CT molecular complexity index is 507. The maximum atomic E-state index is 4.36. The third-order valence-electron chi connectivity index (χ3n) is 3.35. The summed E-state index contributed by atoms with van der Waals surface area (Å²) in [6, 6.07) is 0. The molecule has 0 fully saturated rings. The third kappa shape index (κ3) is 3.90. The number of rotatable bonds is 8. The van der Waals surface area contributed by atoms with Gasteiger partial charge in [0.2, 0.25) is 0 Å². The van der Waals surface area contributed by atoms with E-state index in [1.54, 1.807) is 17.7 Å². The first kappa shape index (κ1) is 14.3. The van der Waals surface area contributed by atoms with E-state index in [4.69, 9.17) is 0 Å². The van der Waals surface area contributed by atoms with E-state index in [1.807, 2.05) is 0 Å². The molecule has 2 aromatic rings. The molecule has 3 nitrogen and oxygen atoms in total. The SMILES string of the molecule is CCCCCCCCNc1ncnc2c(C)csc12. The maximum absolute atomic E-state index is 4.36. The summed E-state index contributed by atoms with van der Waals surface area (Å²) in [6.07, 6.45) is 9.60. The molecule has 0 aromatic carbocycles. The number of hydrogen-bond acceptors (Lipinski definition) is 4. The van der Waals surface area contributed by atoms with E-state index in [-0.39, 0.29) is 0 Å². The summed E-state index contributed by atoms with van der Waals surface area (Å²) < 4.78 is 1.19. The fourth-order valence-electron chi connectivity index (χ4n) is 2.21. The predicted molar refractivity (Wildman–Crippen MR) is 84.0 cm³/mol. The number of nitrogens with one attached hydrogen (secondary N) is 1. The quantitative estimate of drug-likeness (QED) is 0.706. The zero-order valence-corrected chi connectivity index (χ0v) is 12.7. The Morgan fingerprint density at radius 2 is 1.89 bits per heavy atom. The number of aromatic nitrogens is 2. The highest BCUT2D eigenvalue weighted by atomic mass is 32.1. The van der Waals surface area contributed by atoms with E-state index < -0.39 is 0 Å². The Morgan fingerprint density at radius 3 is 2.74 bits per heavy atom. The van der Waals surface area contributed by atoms with Gasteiger partial charge in [-0.3, -0.25) is 0 Å². The second kappa shape index (κ2) is 7.43. The maximum Gasteiger partial charge on any atom is 0.147 e. The number of unbranched alkanes of at least 4 members (excludes halogenated alkanes) is 5. The van der Waals surface area contributed by atoms with E-state index in [2.05, 4.69) is 34.5 Å². The molecule has 0 aliphatic carbocycles. The molecule has 0 spiro atoms. The Hall–Kier alpha value is -1.16. The van der Waals surface area contributed by atoms with Crippen LogP contribution in [0, 0.1) is 6.92 Å². The third-order valence-corrected chi connectivity index (χ3v) is 4.45. The summed E-state index contributed by atoms with van der Waals surface area (Å²) in [5, 5.41) is 5.60. The van der Waals surface area contributed by atoms with Gasteiger partial charge in [0, 0.05) is 6.54 Å². The van der Waals surface area contributed by atoms with Gasteiger partial charge < -0.3 is 5.32 Å². The van der Waals surface area contributed by atoms with Crippen LogP contribution in [0.2, 0.25) is 0 Å². The van der Waals surface area contributed by atoms with Gasteiger partial charge in [-0.25, -0.2) is 9.97 Å². The van der Waals surface area contributed by atoms with E-state index in [1.165, 1.54) is 48.8 Å². The van der Waals surface area contributed by atoms with E-state index in [9.17, 15) is 0 Å². The second-order valence-electron chi connectivity index (χ2n) is 5.01. The number of fused-ring (bicyclic) bond motifs is 1. The van der Waals surface area contributed by atoms with Gasteiger partial charge in [0.15, 0.2) is 0 Å². The lowest BCUT2D eigenvalue weighted by Crippen LogP contribution is -2.03. The minimum atomic E-state index is 0.997. The fourth-order valence-corrected chi connectivity index (χ4v) is 3.18. The topological polar surface area (TPSA) is 37.8 Å². The molecule has 2 heterocycles. The average Bonchev–Trinajstić information content (AvgIpc) is 2.81. The normalized spacial score (nSPS) is 11.1. The number of anilines is 1. The van der Waals surface area contributed by atoms with Crippen molar-refractivity contribution >= 4 is 27.4 Å². The molecule has 0 aliphatic rings. The highest BCUT2D eigenvalue weighted by Gasteiger charge is 2.06. The van der Waals surface area contributed by atoms with Gasteiger partial charge in [-0.05, 0) is 24.3 Å². The van der Waals surface area contributed by atoms with Gasteiger partial charge in [-0.15, -0.1) is 11.3 Å². The summed E-state index contributed by atoms with van der Waals surface area (Å²) in [7, 11) is 0. The first-order chi connectivity index (χ1) is 9.33. The van der Waals surface area contributed by atoms with Crippen molar-refractivity contribution in [1.82, 2.24) is 9.97 Å². The summed E-state index contributed by atoms with van der Waals surface area (Å²) in [6.45, 7) is 5.36. The van der Waals surface area contributed by atoms with E-state index in [0.717, 1.165) is 17.9 Å². The molecule has 104 valence electrons. The molecule has 0 saturated heterocycles. The van der Waals surface area contributed by atoms with Crippen LogP contribution in [0.1, 0.15) is 51.0 Å². The van der Waals surface area contributed by atoms with Crippen LogP contribution in [0.3, 0.4) is 0 Å². The molecule has 4 heteroatoms. The molecule has 2 rings (SSSR count). The van der Waals surface area contributed by atoms with Crippen molar-refractivity contribution in [3.05, 3.63) is 17.3 Å². The molecule has 0 amide bonds. The van der Waals surface area contributed by atoms with Crippen LogP contribution in [-0.2, 0) is 0 Å². The molecular weight excluding hydrogens is 254 g/mol. The molecule has 1 N–H and O–H groups in total. The average molecular weight is 277 g/mol. The van der Waals surface area contributed by atoms with Gasteiger partial charge in [0.05, 0.1) is 10.2 Å². The highest BCUT2D eigenvalue weighted by Crippen LogP contribution is 2.28. The molecule has 0 unspecified atom stereocenters. The summed E-state index contributed by atoms with van der Waals surface area (Å²) in [4.78, 5) is 8.69. The van der Waals surface area contributed by atoms with Crippen LogP contribution in [0.15, 0.2) is 11.7 Å². The van der Waals surface area contributed by atoms with Crippen molar-refractivity contribution in [3.8, 4) is 0 Å². The van der Waals surface area contributed by atoms with Gasteiger partial charge in [0.25, 0.3) is 0 Å². The van der Waals surface area contributed by atoms with Crippen LogP contribution in [0.5, 0.6) is 0 Å². The van der Waals surface area contributed by atoms with Crippen molar-refractivity contribution in [2.45, 2.75) is 52.4 Å². The minimum absolute atomic E-state index is 0.997. The molecule has 0 saturated carbocycles. The monoisotopic (exact) mass is 277 g/mol. The predicted octanol–water partition coefficient (Wildman–Crippen LogP) is 4.77. The van der Waals surface area contributed by atoms with Gasteiger partial charge in [-0.2, -0.15) is 0 Å². The molecular formula is C15H23N3S. The molecule has 2 aromatic heterocycles. The highest BCUT2D eigenvalue weighted by molar-refractivity contribution is 7.18. The zero-order valence-electron chi connectivity index (χ0n) is 11.9. The van der Waals surface area contributed by atoms with Crippen molar-refractivity contribution in [2.75, 3.05) is 11.9 Å². The Labute approximate surface area is 119 Å². The van der Waals surface area contributed by atoms with Crippen molar-refractivity contribution in [1.29, 1.82) is 0 Å². The first-order valence-electron chi connectivity index (χ1n) is 7.25. The Kier molecular flexibility index (Phi) is 5.58. The minimum Gasteiger partial charge on any atom is -0.369 e. The van der Waals surface area contributed by atoms with Crippen molar-refractivity contribution in [2.24, 2.45) is 0 Å². The molecule has 0 bridgehead atoms. The lowest BCUT2D eigenvalue weighted by molar-refractivity contribution is 0.617. The van der Waals surface area contributed by atoms with Crippen LogP contribution in [0.4, 0.5) is 5.82 Å². The lowest BCUT2D eigenvalue weighted by atomic mass is 10.1. The van der Waals surface area contributed by atoms with Crippen LogP contribution in [-0.4, -0.2) is 16.5 Å². The smallest absolute Gasteiger partial charge is 0.147 e. The van der Waals surface area contributed by atoms with Gasteiger partial charge in [0.1, 0.15) is 12.1 Å². The molecule has 0 atom stereocenters. The lowest BCUT2D eigenvalue weighted by Gasteiger charge is -2.06. The zero-order chi connectivity index (χ0) is 13.5. The van der Waals surface area contributed by atoms with Gasteiger partial charge in [-0.1, -0.05) is 39.0 Å². The second-order valence-corrected chi connectivity index (χ2v) is 5.89. The van der Waals surface area contributed by atoms with Crippen LogP contribution >= 0.6 is 11.3 Å². The Morgan fingerprint density at radius 1 is 1.11 bits per heavy atom. The van der Waals surface area contributed by atoms with Crippen molar-refractivity contribution in [3.63, 3.8) is 0 Å².